The predicted molar refractivity (Wildman–Crippen MR) is 87.9 cm³/mol. The Kier molecular flexibility index (Phi) is 3.11. The first-order chi connectivity index (χ1) is 10.9. The molecule has 0 saturated heterocycles. The molecule has 3 N–H and O–H groups in total. The molecule has 0 radical (unpaired) electrons. The van der Waals surface area contributed by atoms with E-state index < -0.39 is 17.1 Å². The molecule has 3 aliphatic rings. The van der Waals surface area contributed by atoms with Crippen molar-refractivity contribution < 1.29 is 15.3 Å². The fraction of sp³-hybridized carbons (Fsp3) is 0.600. The van der Waals surface area contributed by atoms with Gasteiger partial charge < -0.3 is 15.3 Å². The van der Waals surface area contributed by atoms with E-state index in [0.717, 1.165) is 25.7 Å². The summed E-state index contributed by atoms with van der Waals surface area (Å²) < 4.78 is 0. The van der Waals surface area contributed by atoms with Crippen molar-refractivity contribution in [3.05, 3.63) is 29.3 Å². The summed E-state index contributed by atoms with van der Waals surface area (Å²) in [6.07, 6.45) is 9.17. The van der Waals surface area contributed by atoms with Crippen molar-refractivity contribution in [2.24, 2.45) is 17.3 Å². The second kappa shape index (κ2) is 4.75. The number of benzene rings is 1. The van der Waals surface area contributed by atoms with Crippen LogP contribution in [0.1, 0.15) is 49.7 Å². The second-order valence-electron chi connectivity index (χ2n) is 7.92. The minimum absolute atomic E-state index is 0.249. The van der Waals surface area contributed by atoms with Gasteiger partial charge in [-0.3, -0.25) is 0 Å². The summed E-state index contributed by atoms with van der Waals surface area (Å²) in [5.41, 5.74) is 0.779. The summed E-state index contributed by atoms with van der Waals surface area (Å²) in [5, 5.41) is 31.1. The van der Waals surface area contributed by atoms with E-state index in [1.165, 1.54) is 11.1 Å². The van der Waals surface area contributed by atoms with E-state index in [1.54, 1.807) is 6.07 Å². The quantitative estimate of drug-likeness (QED) is 0.645. The summed E-state index contributed by atoms with van der Waals surface area (Å²) in [6.45, 7) is 2.07. The van der Waals surface area contributed by atoms with Gasteiger partial charge in [-0.05, 0) is 73.1 Å². The number of aryl methyl sites for hydroxylation is 1. The molecule has 6 atom stereocenters. The van der Waals surface area contributed by atoms with Crippen LogP contribution in [0.25, 0.3) is 0 Å². The zero-order chi connectivity index (χ0) is 16.4. The lowest BCUT2D eigenvalue weighted by molar-refractivity contribution is -0.101. The average molecular weight is 312 g/mol. The molecule has 23 heavy (non-hydrogen) atoms. The van der Waals surface area contributed by atoms with Gasteiger partial charge in [-0.15, -0.1) is 6.42 Å². The molecular formula is C20H24O3. The summed E-state index contributed by atoms with van der Waals surface area (Å²) in [6, 6.07) is 5.72. The van der Waals surface area contributed by atoms with Crippen LogP contribution in [-0.4, -0.2) is 27.0 Å². The number of rotatable bonds is 0. The fourth-order valence-corrected chi connectivity index (χ4v) is 5.85. The van der Waals surface area contributed by atoms with Crippen LogP contribution in [-0.2, 0) is 6.42 Å². The van der Waals surface area contributed by atoms with Crippen LogP contribution in [0.4, 0.5) is 0 Å². The monoisotopic (exact) mass is 312 g/mol. The SMILES string of the molecule is C#C[C@]1(O)[C@H](O)CC2[C@@H]3CCc4cc(O)ccc4C3CC[C@@]21C. The number of phenols is 1. The molecule has 2 unspecified atom stereocenters. The van der Waals surface area contributed by atoms with E-state index >= 15 is 0 Å². The van der Waals surface area contributed by atoms with Crippen LogP contribution >= 0.6 is 0 Å². The van der Waals surface area contributed by atoms with Crippen LogP contribution in [0.2, 0.25) is 0 Å². The van der Waals surface area contributed by atoms with Crippen molar-refractivity contribution in [1.82, 2.24) is 0 Å². The van der Waals surface area contributed by atoms with Crippen molar-refractivity contribution in [2.75, 3.05) is 0 Å². The van der Waals surface area contributed by atoms with Gasteiger partial charge in [0.05, 0.1) is 6.10 Å². The predicted octanol–water partition coefficient (Wildman–Crippen LogP) is 2.58. The lowest BCUT2D eigenvalue weighted by atomic mass is 9.53. The summed E-state index contributed by atoms with van der Waals surface area (Å²) in [4.78, 5) is 0. The van der Waals surface area contributed by atoms with E-state index in [-0.39, 0.29) is 5.92 Å². The van der Waals surface area contributed by atoms with Gasteiger partial charge in [0.1, 0.15) is 5.75 Å². The highest BCUT2D eigenvalue weighted by atomic mass is 16.3. The van der Waals surface area contributed by atoms with Crippen LogP contribution in [0, 0.1) is 29.6 Å². The third-order valence-corrected chi connectivity index (χ3v) is 7.15. The van der Waals surface area contributed by atoms with Gasteiger partial charge >= 0.3 is 0 Å². The third-order valence-electron chi connectivity index (χ3n) is 7.15. The highest BCUT2D eigenvalue weighted by Gasteiger charge is 2.65. The van der Waals surface area contributed by atoms with Crippen molar-refractivity contribution in [2.45, 2.75) is 56.7 Å². The normalized spacial score (nSPS) is 44.8. The average Bonchev–Trinajstić information content (AvgIpc) is 2.75. The van der Waals surface area contributed by atoms with Crippen LogP contribution in [0.15, 0.2) is 18.2 Å². The van der Waals surface area contributed by atoms with Gasteiger partial charge in [0, 0.05) is 5.41 Å². The molecule has 0 aliphatic heterocycles. The first-order valence-corrected chi connectivity index (χ1v) is 8.60. The zero-order valence-corrected chi connectivity index (χ0v) is 13.5. The number of aromatic hydroxyl groups is 1. The van der Waals surface area contributed by atoms with E-state index in [2.05, 4.69) is 18.9 Å². The highest BCUT2D eigenvalue weighted by Crippen LogP contribution is 2.64. The molecule has 1 aromatic carbocycles. The number of hydrogen-bond acceptors (Lipinski definition) is 3. The molecule has 0 aromatic heterocycles. The van der Waals surface area contributed by atoms with E-state index in [0.29, 0.717) is 24.0 Å². The zero-order valence-electron chi connectivity index (χ0n) is 13.5. The first kappa shape index (κ1) is 15.1. The maximum atomic E-state index is 10.9. The molecular weight excluding hydrogens is 288 g/mol. The Labute approximate surface area is 137 Å². The van der Waals surface area contributed by atoms with E-state index in [1.807, 2.05) is 6.07 Å². The summed E-state index contributed by atoms with van der Waals surface area (Å²) in [5.74, 6) is 4.00. The number of phenolic OH excluding ortho intramolecular Hbond substituents is 1. The number of terminal acetylenes is 1. The molecule has 3 aliphatic carbocycles. The van der Waals surface area contributed by atoms with Gasteiger partial charge in [0.2, 0.25) is 0 Å². The van der Waals surface area contributed by atoms with E-state index in [9.17, 15) is 15.3 Å². The molecule has 3 heteroatoms. The Morgan fingerprint density at radius 3 is 2.83 bits per heavy atom. The number of hydrogen-bond donors (Lipinski definition) is 3. The van der Waals surface area contributed by atoms with Crippen molar-refractivity contribution in [1.29, 1.82) is 0 Å². The molecule has 3 nitrogen and oxygen atoms in total. The molecule has 1 aromatic rings. The lowest BCUT2D eigenvalue weighted by Gasteiger charge is -2.51. The summed E-state index contributed by atoms with van der Waals surface area (Å²) in [7, 11) is 0. The highest BCUT2D eigenvalue weighted by molar-refractivity contribution is 5.41. The maximum absolute atomic E-state index is 10.9. The van der Waals surface area contributed by atoms with Crippen LogP contribution < -0.4 is 0 Å². The Morgan fingerprint density at radius 2 is 2.09 bits per heavy atom. The van der Waals surface area contributed by atoms with Gasteiger partial charge in [-0.2, -0.15) is 0 Å². The molecule has 2 saturated carbocycles. The minimum Gasteiger partial charge on any atom is -0.508 e. The largest absolute Gasteiger partial charge is 0.508 e. The van der Waals surface area contributed by atoms with Gasteiger partial charge in [-0.25, -0.2) is 0 Å². The smallest absolute Gasteiger partial charge is 0.156 e. The van der Waals surface area contributed by atoms with E-state index in [4.69, 9.17) is 6.42 Å². The standard InChI is InChI=1S/C20H24O3/c1-3-20(23)18(22)11-17-16-6-4-12-10-13(21)5-7-14(12)15(16)8-9-19(17,20)2/h1,5,7,10,15-18,21-23H,4,6,8-9,11H2,2H3/t15?,16-,17?,18-,19+,20+/m1/s1. The lowest BCUT2D eigenvalue weighted by Crippen LogP contribution is -2.53. The Bertz CT molecular complexity index is 691. The molecule has 0 amide bonds. The van der Waals surface area contributed by atoms with Gasteiger partial charge in [0.15, 0.2) is 5.60 Å². The molecule has 0 heterocycles. The number of fused-ring (bicyclic) bond motifs is 5. The molecule has 122 valence electrons. The van der Waals surface area contributed by atoms with Crippen molar-refractivity contribution >= 4 is 0 Å². The maximum Gasteiger partial charge on any atom is 0.156 e. The van der Waals surface area contributed by atoms with Crippen molar-refractivity contribution in [3.8, 4) is 18.1 Å². The fourth-order valence-electron chi connectivity index (χ4n) is 5.85. The molecule has 4 rings (SSSR count). The first-order valence-electron chi connectivity index (χ1n) is 8.60. The molecule has 0 bridgehead atoms. The third kappa shape index (κ3) is 1.80. The minimum atomic E-state index is -1.40. The Hall–Kier alpha value is -1.50. The van der Waals surface area contributed by atoms with Gasteiger partial charge in [-0.1, -0.05) is 18.9 Å². The molecule has 2 fully saturated rings. The number of aliphatic hydroxyl groups excluding tert-OH is 1. The topological polar surface area (TPSA) is 60.7 Å². The van der Waals surface area contributed by atoms with Gasteiger partial charge in [0.25, 0.3) is 0 Å². The van der Waals surface area contributed by atoms with Crippen LogP contribution in [0.5, 0.6) is 5.75 Å². The number of aliphatic hydroxyl groups is 2. The van der Waals surface area contributed by atoms with Crippen LogP contribution in [0.3, 0.4) is 0 Å². The Morgan fingerprint density at radius 1 is 1.30 bits per heavy atom. The Balaban J connectivity index is 1.74. The molecule has 0 spiro atoms. The summed E-state index contributed by atoms with van der Waals surface area (Å²) >= 11 is 0. The second-order valence-corrected chi connectivity index (χ2v) is 7.92. The van der Waals surface area contributed by atoms with Crippen molar-refractivity contribution in [3.63, 3.8) is 0 Å².